The van der Waals surface area contributed by atoms with Crippen molar-refractivity contribution in [1.29, 1.82) is 0 Å². The van der Waals surface area contributed by atoms with E-state index in [9.17, 15) is 19.1 Å². The molecular weight excluding hydrogens is 411 g/mol. The van der Waals surface area contributed by atoms with Crippen LogP contribution in [0.4, 0.5) is 10.2 Å². The molecule has 1 N–H and O–H groups in total. The molecule has 0 spiro atoms. The maximum absolute atomic E-state index is 14.9. The van der Waals surface area contributed by atoms with Crippen molar-refractivity contribution in [3.05, 3.63) is 69.7 Å². The normalized spacial score (nSPS) is 14.1. The van der Waals surface area contributed by atoms with Crippen LogP contribution in [0.15, 0.2) is 47.1 Å². The highest BCUT2D eigenvalue weighted by molar-refractivity contribution is 7.12. The fraction of sp³-hybridized carbons (Fsp3) is 0.158. The van der Waals surface area contributed by atoms with Gasteiger partial charge in [0, 0.05) is 43.3 Å². The lowest BCUT2D eigenvalue weighted by atomic mass is 9.99. The summed E-state index contributed by atoms with van der Waals surface area (Å²) in [5, 5.41) is 11.4. The number of hydrogen-bond donors (Lipinski definition) is 1. The van der Waals surface area contributed by atoms with Gasteiger partial charge in [-0.2, -0.15) is 0 Å². The fourth-order valence-electron chi connectivity index (χ4n) is 3.41. The third-order valence-electron chi connectivity index (χ3n) is 4.90. The molecule has 1 fully saturated rings. The number of anilines is 1. The van der Waals surface area contributed by atoms with Crippen LogP contribution in [0.3, 0.4) is 0 Å². The fourth-order valence-corrected chi connectivity index (χ4v) is 4.02. The van der Waals surface area contributed by atoms with Gasteiger partial charge < -0.3 is 10.0 Å². The lowest BCUT2D eigenvalue weighted by molar-refractivity contribution is 0.0695. The summed E-state index contributed by atoms with van der Waals surface area (Å²) in [6.45, 7) is 0.961. The van der Waals surface area contributed by atoms with Crippen molar-refractivity contribution in [2.24, 2.45) is 0 Å². The SMILES string of the molecule is O=C(O)c1cn(-c2nccs2)c2nc(N3CC(c4ncccn4)C3)c(F)cc2c1=O. The van der Waals surface area contributed by atoms with Crippen molar-refractivity contribution < 1.29 is 14.3 Å². The van der Waals surface area contributed by atoms with Crippen LogP contribution in [0.1, 0.15) is 22.1 Å². The van der Waals surface area contributed by atoms with Gasteiger partial charge in [-0.15, -0.1) is 11.3 Å². The zero-order valence-electron chi connectivity index (χ0n) is 15.3. The van der Waals surface area contributed by atoms with Gasteiger partial charge in [0.2, 0.25) is 5.43 Å². The van der Waals surface area contributed by atoms with Gasteiger partial charge in [0.25, 0.3) is 0 Å². The van der Waals surface area contributed by atoms with E-state index >= 15 is 0 Å². The summed E-state index contributed by atoms with van der Waals surface area (Å²) in [6.07, 6.45) is 6.05. The number of rotatable bonds is 4. The van der Waals surface area contributed by atoms with Crippen molar-refractivity contribution in [1.82, 2.24) is 24.5 Å². The summed E-state index contributed by atoms with van der Waals surface area (Å²) in [5.74, 6) is -1.27. The summed E-state index contributed by atoms with van der Waals surface area (Å²) < 4.78 is 16.3. The molecule has 0 aliphatic carbocycles. The number of hydrogen-bond acceptors (Lipinski definition) is 8. The smallest absolute Gasteiger partial charge is 0.341 e. The molecular formula is C19H13FN6O3S. The van der Waals surface area contributed by atoms with Crippen molar-refractivity contribution in [2.75, 3.05) is 18.0 Å². The number of carboxylic acids is 1. The van der Waals surface area contributed by atoms with Crippen molar-refractivity contribution in [3.63, 3.8) is 0 Å². The van der Waals surface area contributed by atoms with Crippen LogP contribution in [0.2, 0.25) is 0 Å². The van der Waals surface area contributed by atoms with Gasteiger partial charge in [0.1, 0.15) is 11.4 Å². The van der Waals surface area contributed by atoms with Crippen LogP contribution >= 0.6 is 11.3 Å². The summed E-state index contributed by atoms with van der Waals surface area (Å²) in [6, 6.07) is 2.77. The minimum absolute atomic E-state index is 0.0543. The number of halogens is 1. The van der Waals surface area contributed by atoms with E-state index in [4.69, 9.17) is 0 Å². The largest absolute Gasteiger partial charge is 0.477 e. The zero-order chi connectivity index (χ0) is 20.8. The number of carbonyl (C=O) groups is 1. The molecule has 150 valence electrons. The van der Waals surface area contributed by atoms with E-state index in [-0.39, 0.29) is 22.8 Å². The molecule has 0 unspecified atom stereocenters. The molecule has 0 aromatic carbocycles. The van der Waals surface area contributed by atoms with E-state index < -0.39 is 22.8 Å². The topological polar surface area (TPSA) is 114 Å². The van der Waals surface area contributed by atoms with Crippen molar-refractivity contribution in [3.8, 4) is 5.13 Å². The molecule has 9 nitrogen and oxygen atoms in total. The Morgan fingerprint density at radius 2 is 1.97 bits per heavy atom. The number of fused-ring (bicyclic) bond motifs is 1. The quantitative estimate of drug-likeness (QED) is 0.530. The molecule has 5 heterocycles. The predicted octanol–water partition coefficient (Wildman–Crippen LogP) is 2.07. The first-order chi connectivity index (χ1) is 14.5. The van der Waals surface area contributed by atoms with E-state index in [0.29, 0.717) is 24.0 Å². The molecule has 0 amide bonds. The van der Waals surface area contributed by atoms with Gasteiger partial charge in [0.15, 0.2) is 22.4 Å². The standard InChI is InChI=1S/C19H13FN6O3S/c20-13-6-11-14(27)12(18(28)29)9-26(19-23-4-5-30-19)16(11)24-17(13)25-7-10(8-25)15-21-2-1-3-22-15/h1-6,9-10H,7-8H2,(H,28,29). The summed E-state index contributed by atoms with van der Waals surface area (Å²) in [5.41, 5.74) is -1.12. The molecule has 11 heteroatoms. The minimum atomic E-state index is -1.40. The molecule has 0 radical (unpaired) electrons. The Hall–Kier alpha value is -3.73. The van der Waals surface area contributed by atoms with Gasteiger partial charge in [-0.05, 0) is 12.1 Å². The summed E-state index contributed by atoms with van der Waals surface area (Å²) >= 11 is 1.25. The maximum atomic E-state index is 14.9. The number of carboxylic acid groups (broad SMARTS) is 1. The Labute approximate surface area is 172 Å². The molecule has 1 aliphatic rings. The number of thiazole rings is 1. The first-order valence-electron chi connectivity index (χ1n) is 8.94. The van der Waals surface area contributed by atoms with E-state index in [1.54, 1.807) is 34.9 Å². The van der Waals surface area contributed by atoms with Crippen LogP contribution < -0.4 is 10.3 Å². The summed E-state index contributed by atoms with van der Waals surface area (Å²) in [4.78, 5) is 42.9. The average Bonchev–Trinajstić information content (AvgIpc) is 3.23. The van der Waals surface area contributed by atoms with Crippen LogP contribution in [0.25, 0.3) is 16.2 Å². The molecule has 4 aromatic rings. The lowest BCUT2D eigenvalue weighted by Gasteiger charge is -2.39. The van der Waals surface area contributed by atoms with Crippen LogP contribution in [-0.2, 0) is 0 Å². The second-order valence-corrected chi connectivity index (χ2v) is 7.61. The Morgan fingerprint density at radius 1 is 1.20 bits per heavy atom. The molecule has 5 rings (SSSR count). The van der Waals surface area contributed by atoms with Crippen LogP contribution in [0, 0.1) is 5.82 Å². The third kappa shape index (κ3) is 2.90. The summed E-state index contributed by atoms with van der Waals surface area (Å²) in [7, 11) is 0. The molecule has 0 bridgehead atoms. The maximum Gasteiger partial charge on any atom is 0.341 e. The van der Waals surface area contributed by atoms with Crippen molar-refractivity contribution >= 4 is 34.2 Å². The Morgan fingerprint density at radius 3 is 2.63 bits per heavy atom. The van der Waals surface area contributed by atoms with Gasteiger partial charge in [-0.3, -0.25) is 9.36 Å². The first kappa shape index (κ1) is 18.3. The lowest BCUT2D eigenvalue weighted by Crippen LogP contribution is -2.46. The minimum Gasteiger partial charge on any atom is -0.477 e. The van der Waals surface area contributed by atoms with E-state index in [1.165, 1.54) is 22.1 Å². The van der Waals surface area contributed by atoms with Gasteiger partial charge >= 0.3 is 5.97 Å². The number of pyridine rings is 2. The number of aromatic nitrogens is 5. The molecule has 1 aliphatic heterocycles. The van der Waals surface area contributed by atoms with Crippen LogP contribution in [-0.4, -0.2) is 48.7 Å². The highest BCUT2D eigenvalue weighted by atomic mass is 32.1. The monoisotopic (exact) mass is 424 g/mol. The Balaban J connectivity index is 1.61. The van der Waals surface area contributed by atoms with Crippen LogP contribution in [0.5, 0.6) is 0 Å². The molecule has 0 atom stereocenters. The van der Waals surface area contributed by atoms with Crippen molar-refractivity contribution in [2.45, 2.75) is 5.92 Å². The van der Waals surface area contributed by atoms with Gasteiger partial charge in [-0.1, -0.05) is 0 Å². The first-order valence-corrected chi connectivity index (χ1v) is 9.82. The predicted molar refractivity (Wildman–Crippen MR) is 107 cm³/mol. The van der Waals surface area contributed by atoms with E-state index in [0.717, 1.165) is 6.07 Å². The third-order valence-corrected chi connectivity index (χ3v) is 5.67. The van der Waals surface area contributed by atoms with Gasteiger partial charge in [0.05, 0.1) is 11.3 Å². The molecule has 0 saturated carbocycles. The second kappa shape index (κ2) is 6.95. The molecule has 1 saturated heterocycles. The zero-order valence-corrected chi connectivity index (χ0v) is 16.1. The van der Waals surface area contributed by atoms with Gasteiger partial charge in [-0.25, -0.2) is 29.1 Å². The highest BCUT2D eigenvalue weighted by Gasteiger charge is 2.33. The average molecular weight is 424 g/mol. The van der Waals surface area contributed by atoms with E-state index in [1.807, 2.05) is 0 Å². The molecule has 4 aromatic heterocycles. The number of nitrogens with zero attached hydrogens (tertiary/aromatic N) is 6. The Bertz CT molecular complexity index is 1320. The highest BCUT2D eigenvalue weighted by Crippen LogP contribution is 2.32. The van der Waals surface area contributed by atoms with E-state index in [2.05, 4.69) is 19.9 Å². The molecule has 30 heavy (non-hydrogen) atoms. The second-order valence-electron chi connectivity index (χ2n) is 6.74. The Kier molecular flexibility index (Phi) is 4.24. The number of aromatic carboxylic acids is 1.